The van der Waals surface area contributed by atoms with Crippen molar-refractivity contribution in [1.29, 1.82) is 0 Å². The zero-order chi connectivity index (χ0) is 18.3. The Morgan fingerprint density at radius 1 is 1.42 bits per heavy atom. The number of benzene rings is 1. The van der Waals surface area contributed by atoms with Crippen molar-refractivity contribution in [2.75, 3.05) is 0 Å². The van der Waals surface area contributed by atoms with E-state index in [1.807, 2.05) is 29.8 Å². The summed E-state index contributed by atoms with van der Waals surface area (Å²) in [5.41, 5.74) is 4.22. The Morgan fingerprint density at radius 2 is 2.23 bits per heavy atom. The first-order chi connectivity index (χ1) is 12.6. The van der Waals surface area contributed by atoms with Gasteiger partial charge in [-0.2, -0.15) is 5.10 Å². The Bertz CT molecular complexity index is 970. The highest BCUT2D eigenvalue weighted by molar-refractivity contribution is 5.87. The second-order valence-electron chi connectivity index (χ2n) is 6.86. The van der Waals surface area contributed by atoms with Gasteiger partial charge in [0.05, 0.1) is 6.54 Å². The predicted octanol–water partition coefficient (Wildman–Crippen LogP) is 3.30. The fourth-order valence-electron chi connectivity index (χ4n) is 3.93. The molecule has 0 aliphatic heterocycles. The zero-order valence-corrected chi connectivity index (χ0v) is 15.1. The van der Waals surface area contributed by atoms with Gasteiger partial charge in [0.15, 0.2) is 5.69 Å². The average molecular weight is 353 g/mol. The molecule has 26 heavy (non-hydrogen) atoms. The summed E-state index contributed by atoms with van der Waals surface area (Å²) >= 11 is 0. The number of nitrogens with zero attached hydrogens (tertiary/aromatic N) is 2. The van der Waals surface area contributed by atoms with E-state index in [4.69, 9.17) is 4.42 Å². The molecule has 4 rings (SSSR count). The van der Waals surface area contributed by atoms with Gasteiger partial charge in [0.2, 0.25) is 0 Å². The van der Waals surface area contributed by atoms with Crippen molar-refractivity contribution in [3.63, 3.8) is 0 Å². The first-order valence-corrected chi connectivity index (χ1v) is 9.10. The molecule has 136 valence electrons. The van der Waals surface area contributed by atoms with Gasteiger partial charge in [-0.15, -0.1) is 0 Å². The van der Waals surface area contributed by atoms with Crippen LogP contribution >= 0.6 is 0 Å². The first kappa shape index (κ1) is 16.8. The van der Waals surface area contributed by atoms with Crippen LogP contribution in [-0.4, -0.2) is 26.9 Å². The Labute approximate surface area is 151 Å². The van der Waals surface area contributed by atoms with Crippen LogP contribution in [0.15, 0.2) is 28.7 Å². The largest absolute Gasteiger partial charge is 0.476 e. The number of carboxylic acid groups (broad SMARTS) is 1. The quantitative estimate of drug-likeness (QED) is 0.736. The summed E-state index contributed by atoms with van der Waals surface area (Å²) in [4.78, 5) is 11.5. The molecule has 0 saturated heterocycles. The fraction of sp³-hybridized carbons (Fsp3) is 0.400. The lowest BCUT2D eigenvalue weighted by molar-refractivity contribution is 0.0688. The number of rotatable bonds is 5. The highest BCUT2D eigenvalue weighted by atomic mass is 16.4. The number of furan rings is 1. The number of aryl methyl sites for hydroxylation is 2. The maximum Gasteiger partial charge on any atom is 0.356 e. The summed E-state index contributed by atoms with van der Waals surface area (Å²) in [6, 6.07) is 8.27. The van der Waals surface area contributed by atoms with Crippen LogP contribution in [0.4, 0.5) is 0 Å². The number of hydrogen-bond donors (Lipinski definition) is 2. The maximum absolute atomic E-state index is 11.5. The lowest BCUT2D eigenvalue weighted by Crippen LogP contribution is -2.34. The van der Waals surface area contributed by atoms with Crippen LogP contribution in [0.2, 0.25) is 0 Å². The van der Waals surface area contributed by atoms with E-state index in [1.165, 1.54) is 0 Å². The second-order valence-corrected chi connectivity index (χ2v) is 6.86. The molecule has 1 aliphatic carbocycles. The van der Waals surface area contributed by atoms with Crippen LogP contribution in [0, 0.1) is 6.92 Å². The third-order valence-electron chi connectivity index (χ3n) is 5.34. The Kier molecular flexibility index (Phi) is 4.28. The van der Waals surface area contributed by atoms with Gasteiger partial charge in [0.1, 0.15) is 11.3 Å². The van der Waals surface area contributed by atoms with Crippen LogP contribution in [0.1, 0.15) is 46.4 Å². The van der Waals surface area contributed by atoms with Crippen molar-refractivity contribution in [3.8, 4) is 0 Å². The molecule has 0 saturated carbocycles. The molecule has 2 aromatic heterocycles. The van der Waals surface area contributed by atoms with Gasteiger partial charge >= 0.3 is 5.97 Å². The number of fused-ring (bicyclic) bond motifs is 2. The minimum absolute atomic E-state index is 0.202. The lowest BCUT2D eigenvalue weighted by Gasteiger charge is -2.24. The van der Waals surface area contributed by atoms with Gasteiger partial charge in [-0.05, 0) is 44.7 Å². The number of carboxylic acids is 1. The molecule has 1 unspecified atom stereocenters. The zero-order valence-electron chi connectivity index (χ0n) is 15.1. The first-order valence-electron chi connectivity index (χ1n) is 9.10. The van der Waals surface area contributed by atoms with Crippen LogP contribution < -0.4 is 5.32 Å². The number of hydrogen-bond acceptors (Lipinski definition) is 4. The number of aromatic nitrogens is 2. The van der Waals surface area contributed by atoms with E-state index in [-0.39, 0.29) is 11.7 Å². The second kappa shape index (κ2) is 6.61. The van der Waals surface area contributed by atoms with Gasteiger partial charge in [-0.1, -0.05) is 18.2 Å². The van der Waals surface area contributed by atoms with E-state index in [2.05, 4.69) is 23.4 Å². The molecule has 6 heteroatoms. The molecular formula is C20H23N3O3. The molecule has 0 fully saturated rings. The molecule has 6 nitrogen and oxygen atoms in total. The Hall–Kier alpha value is -2.60. The van der Waals surface area contributed by atoms with Gasteiger partial charge < -0.3 is 14.8 Å². The van der Waals surface area contributed by atoms with Crippen molar-refractivity contribution >= 4 is 16.9 Å². The standard InChI is InChI=1S/C20H23N3O3/c1-3-23-16-9-8-13(10-15(16)19(22-23)20(24)25)21-11-18-12(2)14-6-4-5-7-17(14)26-18/h4-7,13,21H,3,8-11H2,1-2H3,(H,24,25). The number of aromatic carboxylic acids is 1. The highest BCUT2D eigenvalue weighted by Gasteiger charge is 2.28. The molecule has 0 amide bonds. The third kappa shape index (κ3) is 2.80. The summed E-state index contributed by atoms with van der Waals surface area (Å²) in [5.74, 6) is 0.00179. The molecule has 0 spiro atoms. The Balaban J connectivity index is 1.51. The average Bonchev–Trinajstić information content (AvgIpc) is 3.18. The van der Waals surface area contributed by atoms with Crippen LogP contribution in [-0.2, 0) is 25.9 Å². The molecule has 0 bridgehead atoms. The van der Waals surface area contributed by atoms with E-state index in [0.29, 0.717) is 19.5 Å². The predicted molar refractivity (Wildman–Crippen MR) is 98.5 cm³/mol. The monoisotopic (exact) mass is 353 g/mol. The summed E-state index contributed by atoms with van der Waals surface area (Å²) in [6.07, 6.45) is 2.51. The van der Waals surface area contributed by atoms with Gasteiger partial charge in [-0.3, -0.25) is 4.68 Å². The van der Waals surface area contributed by atoms with E-state index in [9.17, 15) is 9.90 Å². The lowest BCUT2D eigenvalue weighted by atomic mass is 9.91. The van der Waals surface area contributed by atoms with Crippen molar-refractivity contribution in [2.24, 2.45) is 0 Å². The molecular weight excluding hydrogens is 330 g/mol. The van der Waals surface area contributed by atoms with E-state index in [1.54, 1.807) is 0 Å². The van der Waals surface area contributed by atoms with Crippen LogP contribution in [0.5, 0.6) is 0 Å². The van der Waals surface area contributed by atoms with Gasteiger partial charge in [0.25, 0.3) is 0 Å². The number of para-hydroxylation sites is 1. The normalized spacial score (nSPS) is 16.8. The SMILES string of the molecule is CCn1nc(C(=O)O)c2c1CCC(NCc1oc3ccccc3c1C)C2. The summed E-state index contributed by atoms with van der Waals surface area (Å²) in [6.45, 7) is 5.42. The van der Waals surface area contributed by atoms with Gasteiger partial charge in [0, 0.05) is 29.2 Å². The summed E-state index contributed by atoms with van der Waals surface area (Å²) < 4.78 is 7.80. The van der Waals surface area contributed by atoms with Crippen LogP contribution in [0.3, 0.4) is 0 Å². The topological polar surface area (TPSA) is 80.3 Å². The van der Waals surface area contributed by atoms with Crippen molar-refractivity contribution in [3.05, 3.63) is 52.5 Å². The summed E-state index contributed by atoms with van der Waals surface area (Å²) in [5, 5.41) is 18.4. The molecule has 3 aromatic rings. The Morgan fingerprint density at radius 3 is 2.96 bits per heavy atom. The molecule has 1 aromatic carbocycles. The molecule has 2 N–H and O–H groups in total. The van der Waals surface area contributed by atoms with Crippen molar-refractivity contribution in [1.82, 2.24) is 15.1 Å². The van der Waals surface area contributed by atoms with Crippen LogP contribution in [0.25, 0.3) is 11.0 Å². The molecule has 2 heterocycles. The van der Waals surface area contributed by atoms with E-state index < -0.39 is 5.97 Å². The fourth-order valence-corrected chi connectivity index (χ4v) is 3.93. The van der Waals surface area contributed by atoms with Crippen molar-refractivity contribution in [2.45, 2.75) is 52.2 Å². The highest BCUT2D eigenvalue weighted by Crippen LogP contribution is 2.27. The van der Waals surface area contributed by atoms with E-state index in [0.717, 1.165) is 46.4 Å². The third-order valence-corrected chi connectivity index (χ3v) is 5.34. The summed E-state index contributed by atoms with van der Waals surface area (Å²) in [7, 11) is 0. The molecule has 0 radical (unpaired) electrons. The smallest absolute Gasteiger partial charge is 0.356 e. The van der Waals surface area contributed by atoms with Crippen molar-refractivity contribution < 1.29 is 14.3 Å². The molecule has 1 atom stereocenters. The van der Waals surface area contributed by atoms with E-state index >= 15 is 0 Å². The van der Waals surface area contributed by atoms with Gasteiger partial charge in [-0.25, -0.2) is 4.79 Å². The number of carbonyl (C=O) groups is 1. The minimum Gasteiger partial charge on any atom is -0.476 e. The molecule has 1 aliphatic rings. The number of nitrogens with one attached hydrogen (secondary N) is 1. The minimum atomic E-state index is -0.942. The maximum atomic E-state index is 11.5.